The first-order valence-corrected chi connectivity index (χ1v) is 10.1. The van der Waals surface area contributed by atoms with Crippen LogP contribution in [0.1, 0.15) is 12.0 Å². The molecule has 0 unspecified atom stereocenters. The van der Waals surface area contributed by atoms with Gasteiger partial charge in [0.25, 0.3) is 5.69 Å². The molecule has 0 atom stereocenters. The van der Waals surface area contributed by atoms with Gasteiger partial charge in [0.1, 0.15) is 5.82 Å². The second kappa shape index (κ2) is 8.93. The lowest BCUT2D eigenvalue weighted by molar-refractivity contribution is -0.384. The topological polar surface area (TPSA) is 89.3 Å². The van der Waals surface area contributed by atoms with Crippen molar-refractivity contribution < 1.29 is 17.7 Å². The highest BCUT2D eigenvalue weighted by atomic mass is 32.2. The van der Waals surface area contributed by atoms with Gasteiger partial charge >= 0.3 is 0 Å². The molecule has 2 rings (SSSR count). The maximum absolute atomic E-state index is 12.8. The number of hydrogen-bond donors (Lipinski definition) is 1. The number of benzene rings is 2. The second-order valence-corrected chi connectivity index (χ2v) is 8.21. The number of thioether (sulfide) groups is 1. The molecule has 0 saturated heterocycles. The number of nitro benzene ring substituents is 1. The van der Waals surface area contributed by atoms with Gasteiger partial charge in [-0.05, 0) is 42.0 Å². The number of sulfonamides is 1. The summed E-state index contributed by atoms with van der Waals surface area (Å²) in [5.41, 5.74) is 0.408. The third-order valence-corrected chi connectivity index (χ3v) is 5.68. The first-order valence-electron chi connectivity index (χ1n) is 7.45. The molecule has 0 saturated carbocycles. The van der Waals surface area contributed by atoms with Crippen LogP contribution in [0.3, 0.4) is 0 Å². The van der Waals surface area contributed by atoms with Crippen LogP contribution in [0.15, 0.2) is 53.4 Å². The monoisotopic (exact) mass is 384 g/mol. The van der Waals surface area contributed by atoms with E-state index in [1.807, 2.05) is 0 Å². The number of hydrogen-bond acceptors (Lipinski definition) is 5. The number of nitrogens with one attached hydrogen (secondary N) is 1. The van der Waals surface area contributed by atoms with Crippen molar-refractivity contribution in [3.8, 4) is 0 Å². The van der Waals surface area contributed by atoms with Gasteiger partial charge in [0.2, 0.25) is 10.0 Å². The van der Waals surface area contributed by atoms with Gasteiger partial charge in [-0.3, -0.25) is 10.1 Å². The quantitative estimate of drug-likeness (QED) is 0.310. The summed E-state index contributed by atoms with van der Waals surface area (Å²) < 4.78 is 39.3. The molecule has 1 N–H and O–H groups in total. The third kappa shape index (κ3) is 6.81. The molecule has 0 aliphatic rings. The Bertz CT molecular complexity index is 809. The molecule has 0 amide bonds. The average molecular weight is 384 g/mol. The summed E-state index contributed by atoms with van der Waals surface area (Å²) >= 11 is 1.52. The van der Waals surface area contributed by atoms with E-state index >= 15 is 0 Å². The Labute approximate surface area is 149 Å². The largest absolute Gasteiger partial charge is 0.269 e. The molecular formula is C16H17FN2O4S2. The number of non-ortho nitro benzene ring substituents is 1. The van der Waals surface area contributed by atoms with Crippen LogP contribution in [-0.2, 0) is 15.8 Å². The van der Waals surface area contributed by atoms with Crippen molar-refractivity contribution in [2.75, 3.05) is 12.3 Å². The maximum atomic E-state index is 12.8. The van der Waals surface area contributed by atoms with Gasteiger partial charge in [-0.2, -0.15) is 0 Å². The van der Waals surface area contributed by atoms with Crippen LogP contribution >= 0.6 is 11.8 Å². The van der Waals surface area contributed by atoms with Crippen LogP contribution in [0.25, 0.3) is 0 Å². The minimum atomic E-state index is -3.50. The second-order valence-electron chi connectivity index (χ2n) is 5.23. The highest BCUT2D eigenvalue weighted by Gasteiger charge is 2.12. The van der Waals surface area contributed by atoms with E-state index in [4.69, 9.17) is 0 Å². The van der Waals surface area contributed by atoms with Gasteiger partial charge < -0.3 is 0 Å². The minimum absolute atomic E-state index is 0.0769. The first kappa shape index (κ1) is 19.4. The van der Waals surface area contributed by atoms with E-state index in [0.29, 0.717) is 24.3 Å². The fourth-order valence-corrected chi connectivity index (χ4v) is 4.05. The fourth-order valence-electron chi connectivity index (χ4n) is 2.01. The Morgan fingerprint density at radius 3 is 2.32 bits per heavy atom. The summed E-state index contributed by atoms with van der Waals surface area (Å²) in [6.45, 7) is 0.295. The van der Waals surface area contributed by atoms with E-state index < -0.39 is 14.9 Å². The van der Waals surface area contributed by atoms with Crippen LogP contribution < -0.4 is 4.72 Å². The standard InChI is InChI=1S/C16H17FN2O4S2/c17-14-4-8-16(9-5-14)24-11-1-10-18-25(22,23)12-13-2-6-15(7-3-13)19(20)21/h2-9,18H,1,10-12H2. The number of rotatable bonds is 9. The van der Waals surface area contributed by atoms with Crippen molar-refractivity contribution in [3.63, 3.8) is 0 Å². The SMILES string of the molecule is O=[N+]([O-])c1ccc(CS(=O)(=O)NCCCSc2ccc(F)cc2)cc1. The molecule has 0 aliphatic heterocycles. The highest BCUT2D eigenvalue weighted by molar-refractivity contribution is 7.99. The Balaban J connectivity index is 1.73. The number of nitro groups is 1. The van der Waals surface area contributed by atoms with E-state index in [-0.39, 0.29) is 17.3 Å². The highest BCUT2D eigenvalue weighted by Crippen LogP contribution is 2.18. The molecule has 0 spiro atoms. The van der Waals surface area contributed by atoms with Crippen molar-refractivity contribution >= 4 is 27.5 Å². The molecule has 2 aromatic carbocycles. The molecule has 134 valence electrons. The lowest BCUT2D eigenvalue weighted by Gasteiger charge is -2.07. The predicted octanol–water partition coefficient (Wildman–Crippen LogP) is 3.34. The summed E-state index contributed by atoms with van der Waals surface area (Å²) in [6.07, 6.45) is 0.627. The van der Waals surface area contributed by atoms with Crippen molar-refractivity contribution in [2.24, 2.45) is 0 Å². The van der Waals surface area contributed by atoms with Crippen LogP contribution in [0.2, 0.25) is 0 Å². The van der Waals surface area contributed by atoms with Crippen LogP contribution in [-0.4, -0.2) is 25.6 Å². The van der Waals surface area contributed by atoms with Crippen LogP contribution in [0, 0.1) is 15.9 Å². The summed E-state index contributed by atoms with van der Waals surface area (Å²) in [5, 5.41) is 10.6. The Hall–Kier alpha value is -1.97. The zero-order valence-corrected chi connectivity index (χ0v) is 14.9. The van der Waals surface area contributed by atoms with E-state index in [2.05, 4.69) is 4.72 Å². The molecular weight excluding hydrogens is 367 g/mol. The molecule has 0 fully saturated rings. The Kier molecular flexibility index (Phi) is 6.91. The first-order chi connectivity index (χ1) is 11.9. The smallest absolute Gasteiger partial charge is 0.258 e. The zero-order valence-electron chi connectivity index (χ0n) is 13.2. The minimum Gasteiger partial charge on any atom is -0.258 e. The van der Waals surface area contributed by atoms with E-state index in [1.165, 1.54) is 48.2 Å². The lowest BCUT2D eigenvalue weighted by atomic mass is 10.2. The summed E-state index contributed by atoms with van der Waals surface area (Å²) in [7, 11) is -3.50. The molecule has 2 aromatic rings. The van der Waals surface area contributed by atoms with E-state index in [9.17, 15) is 22.9 Å². The summed E-state index contributed by atoms with van der Waals surface area (Å²) in [4.78, 5) is 11.0. The zero-order chi connectivity index (χ0) is 18.3. The Morgan fingerprint density at radius 2 is 1.72 bits per heavy atom. The van der Waals surface area contributed by atoms with E-state index in [1.54, 1.807) is 12.1 Å². The molecule has 0 radical (unpaired) electrons. The van der Waals surface area contributed by atoms with Gasteiger partial charge in [0, 0.05) is 23.6 Å². The lowest BCUT2D eigenvalue weighted by Crippen LogP contribution is -2.26. The van der Waals surface area contributed by atoms with Crippen molar-refractivity contribution in [2.45, 2.75) is 17.1 Å². The average Bonchev–Trinajstić information content (AvgIpc) is 2.56. The van der Waals surface area contributed by atoms with Gasteiger partial charge in [-0.25, -0.2) is 17.5 Å². The van der Waals surface area contributed by atoms with Crippen LogP contribution in [0.5, 0.6) is 0 Å². The molecule has 0 heterocycles. The van der Waals surface area contributed by atoms with Crippen molar-refractivity contribution in [1.29, 1.82) is 0 Å². The van der Waals surface area contributed by atoms with Gasteiger partial charge in [-0.15, -0.1) is 11.8 Å². The third-order valence-electron chi connectivity index (χ3n) is 3.23. The number of nitrogens with zero attached hydrogens (tertiary/aromatic N) is 1. The molecule has 9 heteroatoms. The maximum Gasteiger partial charge on any atom is 0.269 e. The van der Waals surface area contributed by atoms with Crippen molar-refractivity contribution in [1.82, 2.24) is 4.72 Å². The van der Waals surface area contributed by atoms with Crippen LogP contribution in [0.4, 0.5) is 10.1 Å². The van der Waals surface area contributed by atoms with Gasteiger partial charge in [0.05, 0.1) is 10.7 Å². The summed E-state index contributed by atoms with van der Waals surface area (Å²) in [5.74, 6) is 0.185. The van der Waals surface area contributed by atoms with Gasteiger partial charge in [0.15, 0.2) is 0 Å². The van der Waals surface area contributed by atoms with Gasteiger partial charge in [-0.1, -0.05) is 12.1 Å². The summed E-state index contributed by atoms with van der Waals surface area (Å²) in [6, 6.07) is 11.6. The van der Waals surface area contributed by atoms with Crippen molar-refractivity contribution in [3.05, 3.63) is 70.0 Å². The molecule has 0 aliphatic carbocycles. The predicted molar refractivity (Wildman–Crippen MR) is 95.5 cm³/mol. The molecule has 6 nitrogen and oxygen atoms in total. The fraction of sp³-hybridized carbons (Fsp3) is 0.250. The Morgan fingerprint density at radius 1 is 1.08 bits per heavy atom. The molecule has 0 bridgehead atoms. The number of halogens is 1. The molecule has 0 aromatic heterocycles. The molecule has 25 heavy (non-hydrogen) atoms. The van der Waals surface area contributed by atoms with E-state index in [0.717, 1.165) is 4.90 Å². The normalized spacial score (nSPS) is 11.4.